The molecule has 0 bridgehead atoms. The summed E-state index contributed by atoms with van der Waals surface area (Å²) >= 11 is 7.00. The van der Waals surface area contributed by atoms with Crippen molar-refractivity contribution in [1.29, 1.82) is 0 Å². The number of anilines is 1. The Labute approximate surface area is 124 Å². The highest BCUT2D eigenvalue weighted by Crippen LogP contribution is 2.16. The lowest BCUT2D eigenvalue weighted by molar-refractivity contribution is -0.113. The first-order chi connectivity index (χ1) is 9.52. The van der Waals surface area contributed by atoms with E-state index >= 15 is 0 Å². The quantitative estimate of drug-likeness (QED) is 0.672. The molecule has 5 nitrogen and oxygen atoms in total. The molecule has 0 fully saturated rings. The zero-order valence-electron chi connectivity index (χ0n) is 10.6. The maximum absolute atomic E-state index is 11.8. The standard InChI is InChI=1S/C13H12ClN3O2S/c1-8-5-11(18)17-13(15-8)20-7-12(19)16-10-4-2-3-9(14)6-10/h2-6H,7H2,1H3,(H,16,19)(H,15,17,18). The maximum Gasteiger partial charge on any atom is 0.251 e. The number of thioether (sulfide) groups is 1. The minimum absolute atomic E-state index is 0.152. The molecule has 0 aliphatic rings. The SMILES string of the molecule is Cc1cc(=O)[nH]c(SCC(=O)Nc2cccc(Cl)c2)n1. The van der Waals surface area contributed by atoms with Crippen LogP contribution in [0.5, 0.6) is 0 Å². The largest absolute Gasteiger partial charge is 0.325 e. The van der Waals surface area contributed by atoms with Gasteiger partial charge in [0.05, 0.1) is 5.75 Å². The number of nitrogens with one attached hydrogen (secondary N) is 2. The number of hydrogen-bond acceptors (Lipinski definition) is 4. The monoisotopic (exact) mass is 309 g/mol. The number of rotatable bonds is 4. The molecule has 0 radical (unpaired) electrons. The number of aromatic amines is 1. The first kappa shape index (κ1) is 14.6. The number of halogens is 1. The molecule has 104 valence electrons. The number of carbonyl (C=O) groups excluding carboxylic acids is 1. The van der Waals surface area contributed by atoms with Crippen molar-refractivity contribution in [2.45, 2.75) is 12.1 Å². The lowest BCUT2D eigenvalue weighted by Gasteiger charge is -2.05. The minimum Gasteiger partial charge on any atom is -0.325 e. The third kappa shape index (κ3) is 4.40. The summed E-state index contributed by atoms with van der Waals surface area (Å²) in [6, 6.07) is 8.30. The maximum atomic E-state index is 11.8. The Morgan fingerprint density at radius 3 is 2.95 bits per heavy atom. The van der Waals surface area contributed by atoms with Gasteiger partial charge in [-0.2, -0.15) is 0 Å². The zero-order valence-corrected chi connectivity index (χ0v) is 12.2. The number of nitrogens with zero attached hydrogens (tertiary/aromatic N) is 1. The van der Waals surface area contributed by atoms with Gasteiger partial charge in [0, 0.05) is 22.5 Å². The van der Waals surface area contributed by atoms with Crippen LogP contribution >= 0.6 is 23.4 Å². The van der Waals surface area contributed by atoms with Crippen LogP contribution in [0.1, 0.15) is 5.69 Å². The van der Waals surface area contributed by atoms with Gasteiger partial charge in [0.2, 0.25) is 5.91 Å². The zero-order chi connectivity index (χ0) is 14.5. The van der Waals surface area contributed by atoms with Crippen LogP contribution in [-0.4, -0.2) is 21.6 Å². The first-order valence-electron chi connectivity index (χ1n) is 5.79. The molecule has 0 aliphatic carbocycles. The Morgan fingerprint density at radius 2 is 2.25 bits per heavy atom. The Morgan fingerprint density at radius 1 is 1.45 bits per heavy atom. The first-order valence-corrected chi connectivity index (χ1v) is 7.15. The number of benzene rings is 1. The molecule has 1 amide bonds. The van der Waals surface area contributed by atoms with Crippen LogP contribution in [0.4, 0.5) is 5.69 Å². The molecule has 1 aromatic carbocycles. The topological polar surface area (TPSA) is 74.8 Å². The molecule has 2 aromatic rings. The molecular formula is C13H12ClN3O2S. The molecule has 0 saturated heterocycles. The van der Waals surface area contributed by atoms with Crippen molar-refractivity contribution in [3.63, 3.8) is 0 Å². The van der Waals surface area contributed by atoms with Gasteiger partial charge in [-0.15, -0.1) is 0 Å². The van der Waals surface area contributed by atoms with Crippen LogP contribution in [0, 0.1) is 6.92 Å². The summed E-state index contributed by atoms with van der Waals surface area (Å²) in [7, 11) is 0. The summed E-state index contributed by atoms with van der Waals surface area (Å²) < 4.78 is 0. The summed E-state index contributed by atoms with van der Waals surface area (Å²) in [5, 5.41) is 3.70. The molecule has 0 atom stereocenters. The lowest BCUT2D eigenvalue weighted by atomic mass is 10.3. The molecule has 1 heterocycles. The van der Waals surface area contributed by atoms with E-state index in [-0.39, 0.29) is 17.2 Å². The van der Waals surface area contributed by atoms with Crippen molar-refractivity contribution >= 4 is 35.0 Å². The highest BCUT2D eigenvalue weighted by molar-refractivity contribution is 7.99. The van der Waals surface area contributed by atoms with Crippen molar-refractivity contribution < 1.29 is 4.79 Å². The van der Waals surface area contributed by atoms with E-state index in [1.165, 1.54) is 17.8 Å². The summed E-state index contributed by atoms with van der Waals surface area (Å²) in [6.07, 6.45) is 0. The molecule has 20 heavy (non-hydrogen) atoms. The molecule has 1 aromatic heterocycles. The van der Waals surface area contributed by atoms with E-state index in [0.717, 1.165) is 0 Å². The molecular weight excluding hydrogens is 298 g/mol. The second-order valence-corrected chi connectivity index (χ2v) is 5.44. The van der Waals surface area contributed by atoms with Crippen LogP contribution < -0.4 is 10.9 Å². The highest BCUT2D eigenvalue weighted by atomic mass is 35.5. The molecule has 0 spiro atoms. The van der Waals surface area contributed by atoms with Gasteiger partial charge >= 0.3 is 0 Å². The number of carbonyl (C=O) groups is 1. The van der Waals surface area contributed by atoms with Gasteiger partial charge in [-0.3, -0.25) is 9.59 Å². The van der Waals surface area contributed by atoms with Crippen molar-refractivity contribution in [1.82, 2.24) is 9.97 Å². The van der Waals surface area contributed by atoms with Crippen molar-refractivity contribution in [3.05, 3.63) is 51.4 Å². The highest BCUT2D eigenvalue weighted by Gasteiger charge is 2.06. The van der Waals surface area contributed by atoms with Crippen molar-refractivity contribution in [2.24, 2.45) is 0 Å². The Bertz CT molecular complexity index is 687. The predicted molar refractivity (Wildman–Crippen MR) is 80.4 cm³/mol. The smallest absolute Gasteiger partial charge is 0.251 e. The van der Waals surface area contributed by atoms with E-state index in [1.54, 1.807) is 31.2 Å². The number of H-pyrrole nitrogens is 1. The Balaban J connectivity index is 1.93. The van der Waals surface area contributed by atoms with Crippen LogP contribution in [0.2, 0.25) is 5.02 Å². The van der Waals surface area contributed by atoms with E-state index in [1.807, 2.05) is 0 Å². The fraction of sp³-hybridized carbons (Fsp3) is 0.154. The number of hydrogen-bond donors (Lipinski definition) is 2. The van der Waals surface area contributed by atoms with Gasteiger partial charge in [-0.05, 0) is 25.1 Å². The van der Waals surface area contributed by atoms with Crippen LogP contribution in [0.3, 0.4) is 0 Å². The van der Waals surface area contributed by atoms with E-state index in [2.05, 4.69) is 15.3 Å². The molecule has 0 unspecified atom stereocenters. The Kier molecular flexibility index (Phi) is 4.81. The average Bonchev–Trinajstić information content (AvgIpc) is 2.35. The predicted octanol–water partition coefficient (Wildman–Crippen LogP) is 2.46. The second-order valence-electron chi connectivity index (χ2n) is 4.04. The molecule has 7 heteroatoms. The van der Waals surface area contributed by atoms with Gasteiger partial charge in [0.25, 0.3) is 5.56 Å². The summed E-state index contributed by atoms with van der Waals surface area (Å²) in [4.78, 5) is 29.7. The molecule has 0 aliphatic heterocycles. The fourth-order valence-corrected chi connectivity index (χ4v) is 2.43. The summed E-state index contributed by atoms with van der Waals surface area (Å²) in [5.41, 5.74) is 1.02. The van der Waals surface area contributed by atoms with Crippen LogP contribution in [0.25, 0.3) is 0 Å². The van der Waals surface area contributed by atoms with Gasteiger partial charge in [0.15, 0.2) is 5.16 Å². The lowest BCUT2D eigenvalue weighted by Crippen LogP contribution is -2.15. The molecule has 2 N–H and O–H groups in total. The third-order valence-electron chi connectivity index (χ3n) is 2.30. The van der Waals surface area contributed by atoms with E-state index < -0.39 is 0 Å². The van der Waals surface area contributed by atoms with Gasteiger partial charge in [-0.25, -0.2) is 4.98 Å². The average molecular weight is 310 g/mol. The third-order valence-corrected chi connectivity index (χ3v) is 3.40. The summed E-state index contributed by atoms with van der Waals surface area (Å²) in [6.45, 7) is 1.73. The van der Waals surface area contributed by atoms with Gasteiger partial charge < -0.3 is 10.3 Å². The van der Waals surface area contributed by atoms with E-state index in [9.17, 15) is 9.59 Å². The fourth-order valence-electron chi connectivity index (χ4n) is 1.52. The minimum atomic E-state index is -0.227. The number of aromatic nitrogens is 2. The van der Waals surface area contributed by atoms with Crippen molar-refractivity contribution in [2.75, 3.05) is 11.1 Å². The second kappa shape index (κ2) is 6.58. The normalized spacial score (nSPS) is 10.3. The summed E-state index contributed by atoms with van der Waals surface area (Å²) in [5.74, 6) is -0.0414. The number of amides is 1. The van der Waals surface area contributed by atoms with Crippen molar-refractivity contribution in [3.8, 4) is 0 Å². The van der Waals surface area contributed by atoms with Crippen LogP contribution in [0.15, 0.2) is 40.3 Å². The van der Waals surface area contributed by atoms with E-state index in [4.69, 9.17) is 11.6 Å². The van der Waals surface area contributed by atoms with E-state index in [0.29, 0.717) is 21.6 Å². The van der Waals surface area contributed by atoms with Gasteiger partial charge in [-0.1, -0.05) is 29.4 Å². The molecule has 2 rings (SSSR count). The number of aryl methyl sites for hydroxylation is 1. The Hall–Kier alpha value is -1.79. The van der Waals surface area contributed by atoms with Gasteiger partial charge in [0.1, 0.15) is 0 Å². The van der Waals surface area contributed by atoms with Crippen LogP contribution in [-0.2, 0) is 4.79 Å². The molecule has 0 saturated carbocycles.